The number of hydrogen-bond acceptors (Lipinski definition) is 5. The highest BCUT2D eigenvalue weighted by molar-refractivity contribution is 5.95. The number of amides is 1. The second kappa shape index (κ2) is 7.19. The Morgan fingerprint density at radius 1 is 1.18 bits per heavy atom. The normalized spacial score (nSPS) is 19.1. The smallest absolute Gasteiger partial charge is 0.339 e. The first-order chi connectivity index (χ1) is 13.4. The number of carbonyl (C=O) groups is 2. The molecule has 0 spiro atoms. The SMILES string of the molecule is CC1(C)Cc2cccc(OCCNC(=O)[C@H]3Cc4ccccc4C(=O)O3)c2O1. The maximum atomic E-state index is 12.4. The van der Waals surface area contributed by atoms with Gasteiger partial charge in [0.15, 0.2) is 17.6 Å². The Hall–Kier alpha value is -3.02. The lowest BCUT2D eigenvalue weighted by atomic mass is 9.98. The summed E-state index contributed by atoms with van der Waals surface area (Å²) in [7, 11) is 0. The molecule has 146 valence electrons. The number of cyclic esters (lactones) is 1. The van der Waals surface area contributed by atoms with Crippen LogP contribution in [0.5, 0.6) is 11.5 Å². The van der Waals surface area contributed by atoms with Crippen LogP contribution in [-0.2, 0) is 22.4 Å². The zero-order chi connectivity index (χ0) is 19.7. The average molecular weight is 381 g/mol. The Labute approximate surface area is 163 Å². The van der Waals surface area contributed by atoms with E-state index >= 15 is 0 Å². The van der Waals surface area contributed by atoms with E-state index in [1.807, 2.05) is 44.2 Å². The maximum absolute atomic E-state index is 12.4. The molecular weight excluding hydrogens is 358 g/mol. The van der Waals surface area contributed by atoms with E-state index in [0.29, 0.717) is 30.9 Å². The summed E-state index contributed by atoms with van der Waals surface area (Å²) < 4.78 is 17.0. The minimum absolute atomic E-state index is 0.239. The van der Waals surface area contributed by atoms with Crippen molar-refractivity contribution in [3.8, 4) is 11.5 Å². The van der Waals surface area contributed by atoms with Crippen LogP contribution in [0, 0.1) is 0 Å². The van der Waals surface area contributed by atoms with Gasteiger partial charge in [-0.25, -0.2) is 4.79 Å². The topological polar surface area (TPSA) is 73.9 Å². The molecule has 1 atom stereocenters. The number of benzene rings is 2. The minimum Gasteiger partial charge on any atom is -0.488 e. The fourth-order valence-electron chi connectivity index (χ4n) is 3.63. The standard InChI is InChI=1S/C22H23NO5/c1-22(2)13-15-7-5-9-17(19(15)28-22)26-11-10-23-20(24)18-12-14-6-3-4-8-16(14)21(25)27-18/h3-9,18H,10-13H2,1-2H3,(H,23,24)/t18-/m1/s1. The molecule has 0 aromatic heterocycles. The summed E-state index contributed by atoms with van der Waals surface area (Å²) in [5.41, 5.74) is 2.24. The third-order valence-electron chi connectivity index (χ3n) is 4.90. The summed E-state index contributed by atoms with van der Waals surface area (Å²) >= 11 is 0. The molecule has 4 rings (SSSR count). The Bertz CT molecular complexity index is 921. The molecule has 28 heavy (non-hydrogen) atoms. The molecule has 2 aliphatic rings. The van der Waals surface area contributed by atoms with Crippen LogP contribution in [0.25, 0.3) is 0 Å². The Morgan fingerprint density at radius 2 is 1.96 bits per heavy atom. The van der Waals surface area contributed by atoms with E-state index < -0.39 is 12.1 Å². The van der Waals surface area contributed by atoms with Crippen molar-refractivity contribution in [3.63, 3.8) is 0 Å². The van der Waals surface area contributed by atoms with Crippen LogP contribution in [-0.4, -0.2) is 36.7 Å². The molecule has 0 bridgehead atoms. The number of hydrogen-bond donors (Lipinski definition) is 1. The fraction of sp³-hybridized carbons (Fsp3) is 0.364. The van der Waals surface area contributed by atoms with Crippen molar-refractivity contribution in [1.29, 1.82) is 0 Å². The van der Waals surface area contributed by atoms with E-state index in [9.17, 15) is 9.59 Å². The first-order valence-electron chi connectivity index (χ1n) is 9.43. The van der Waals surface area contributed by atoms with Gasteiger partial charge in [0.2, 0.25) is 0 Å². The lowest BCUT2D eigenvalue weighted by Gasteiger charge is -2.23. The monoisotopic (exact) mass is 381 g/mol. The molecule has 2 heterocycles. The van der Waals surface area contributed by atoms with Crippen molar-refractivity contribution >= 4 is 11.9 Å². The molecule has 6 heteroatoms. The van der Waals surface area contributed by atoms with Gasteiger partial charge in [-0.15, -0.1) is 0 Å². The molecule has 0 fully saturated rings. The molecule has 1 amide bonds. The molecule has 1 N–H and O–H groups in total. The highest BCUT2D eigenvalue weighted by Gasteiger charge is 2.33. The van der Waals surface area contributed by atoms with Gasteiger partial charge in [0.1, 0.15) is 12.2 Å². The van der Waals surface area contributed by atoms with Crippen molar-refractivity contribution in [3.05, 3.63) is 59.2 Å². The van der Waals surface area contributed by atoms with Crippen LogP contribution in [0.3, 0.4) is 0 Å². The second-order valence-corrected chi connectivity index (χ2v) is 7.68. The Balaban J connectivity index is 1.30. The van der Waals surface area contributed by atoms with Gasteiger partial charge in [-0.3, -0.25) is 4.79 Å². The lowest BCUT2D eigenvalue weighted by Crippen LogP contribution is -2.43. The first-order valence-corrected chi connectivity index (χ1v) is 9.43. The summed E-state index contributed by atoms with van der Waals surface area (Å²) in [6.07, 6.45) is 0.404. The Morgan fingerprint density at radius 3 is 2.82 bits per heavy atom. The largest absolute Gasteiger partial charge is 0.488 e. The van der Waals surface area contributed by atoms with Crippen LogP contribution in [0.1, 0.15) is 35.3 Å². The van der Waals surface area contributed by atoms with Crippen LogP contribution < -0.4 is 14.8 Å². The number of fused-ring (bicyclic) bond motifs is 2. The molecule has 6 nitrogen and oxygen atoms in total. The second-order valence-electron chi connectivity index (χ2n) is 7.68. The molecule has 2 aromatic rings. The van der Waals surface area contributed by atoms with Gasteiger partial charge in [0.05, 0.1) is 12.1 Å². The number of esters is 1. The van der Waals surface area contributed by atoms with Gasteiger partial charge >= 0.3 is 5.97 Å². The van der Waals surface area contributed by atoms with Crippen LogP contribution in [0.2, 0.25) is 0 Å². The number of para-hydroxylation sites is 1. The van der Waals surface area contributed by atoms with Gasteiger partial charge in [-0.1, -0.05) is 30.3 Å². The zero-order valence-electron chi connectivity index (χ0n) is 16.0. The molecule has 0 saturated heterocycles. The highest BCUT2D eigenvalue weighted by Crippen LogP contribution is 2.41. The number of rotatable bonds is 5. The van der Waals surface area contributed by atoms with Gasteiger partial charge < -0.3 is 19.5 Å². The van der Waals surface area contributed by atoms with E-state index in [2.05, 4.69) is 5.32 Å². The molecule has 0 radical (unpaired) electrons. The molecular formula is C22H23NO5. The molecule has 0 unspecified atom stereocenters. The lowest BCUT2D eigenvalue weighted by molar-refractivity contribution is -0.130. The van der Waals surface area contributed by atoms with Crippen molar-refractivity contribution in [1.82, 2.24) is 5.32 Å². The van der Waals surface area contributed by atoms with Gasteiger partial charge in [0, 0.05) is 18.4 Å². The summed E-state index contributed by atoms with van der Waals surface area (Å²) in [4.78, 5) is 24.4. The summed E-state index contributed by atoms with van der Waals surface area (Å²) in [5.74, 6) is 0.673. The average Bonchev–Trinajstić information content (AvgIpc) is 2.99. The predicted molar refractivity (Wildman–Crippen MR) is 103 cm³/mol. The van der Waals surface area contributed by atoms with Crippen LogP contribution in [0.15, 0.2) is 42.5 Å². The summed E-state index contributed by atoms with van der Waals surface area (Å²) in [6.45, 7) is 4.69. The van der Waals surface area contributed by atoms with E-state index in [0.717, 1.165) is 23.3 Å². The minimum atomic E-state index is -0.812. The third-order valence-corrected chi connectivity index (χ3v) is 4.90. The number of carbonyl (C=O) groups excluding carboxylic acids is 2. The van der Waals surface area contributed by atoms with Crippen molar-refractivity contribution in [2.24, 2.45) is 0 Å². The van der Waals surface area contributed by atoms with E-state index in [-0.39, 0.29) is 11.5 Å². The van der Waals surface area contributed by atoms with Gasteiger partial charge in [0.25, 0.3) is 5.91 Å². The predicted octanol–water partition coefficient (Wildman–Crippen LogP) is 2.68. The fourth-order valence-corrected chi connectivity index (χ4v) is 3.63. The quantitative estimate of drug-likeness (QED) is 0.637. The third kappa shape index (κ3) is 3.67. The summed E-state index contributed by atoms with van der Waals surface area (Å²) in [6, 6.07) is 13.0. The molecule has 2 aromatic carbocycles. The van der Waals surface area contributed by atoms with E-state index in [1.54, 1.807) is 12.1 Å². The van der Waals surface area contributed by atoms with E-state index in [4.69, 9.17) is 14.2 Å². The molecule has 0 saturated carbocycles. The van der Waals surface area contributed by atoms with Crippen LogP contribution in [0.4, 0.5) is 0 Å². The van der Waals surface area contributed by atoms with Crippen molar-refractivity contribution < 1.29 is 23.8 Å². The number of nitrogens with one attached hydrogen (secondary N) is 1. The molecule has 0 aliphatic carbocycles. The zero-order valence-corrected chi connectivity index (χ0v) is 16.0. The van der Waals surface area contributed by atoms with Crippen molar-refractivity contribution in [2.75, 3.05) is 13.2 Å². The van der Waals surface area contributed by atoms with E-state index in [1.165, 1.54) is 0 Å². The number of ether oxygens (including phenoxy) is 3. The summed E-state index contributed by atoms with van der Waals surface area (Å²) in [5, 5.41) is 2.78. The van der Waals surface area contributed by atoms with Gasteiger partial charge in [-0.05, 0) is 31.5 Å². The van der Waals surface area contributed by atoms with Crippen LogP contribution >= 0.6 is 0 Å². The van der Waals surface area contributed by atoms with Crippen molar-refractivity contribution in [2.45, 2.75) is 38.4 Å². The Kier molecular flexibility index (Phi) is 4.71. The highest BCUT2D eigenvalue weighted by atomic mass is 16.6. The maximum Gasteiger partial charge on any atom is 0.339 e. The molecule has 2 aliphatic heterocycles. The van der Waals surface area contributed by atoms with Gasteiger partial charge in [-0.2, -0.15) is 0 Å². The first kappa shape index (κ1) is 18.3.